The van der Waals surface area contributed by atoms with Gasteiger partial charge in [-0.05, 0) is 26.7 Å². The van der Waals surface area contributed by atoms with Gasteiger partial charge in [0.05, 0.1) is 31.0 Å². The molecule has 2 saturated heterocycles. The lowest BCUT2D eigenvalue weighted by Gasteiger charge is -2.29. The molecule has 0 saturated carbocycles. The van der Waals surface area contributed by atoms with Gasteiger partial charge >= 0.3 is 5.92 Å². The lowest BCUT2D eigenvalue weighted by Crippen LogP contribution is -2.37. The number of alkyl halides is 2. The first-order chi connectivity index (χ1) is 15.4. The molecule has 3 aromatic heterocycles. The molecule has 0 atom stereocenters. The van der Waals surface area contributed by atoms with Crippen molar-refractivity contribution in [3.8, 4) is 0 Å². The van der Waals surface area contributed by atoms with E-state index in [1.165, 1.54) is 4.52 Å². The van der Waals surface area contributed by atoms with E-state index in [4.69, 9.17) is 4.74 Å². The molecular weight excluding hydrogens is 418 g/mol. The van der Waals surface area contributed by atoms with Gasteiger partial charge in [-0.25, -0.2) is 19.5 Å². The van der Waals surface area contributed by atoms with Gasteiger partial charge in [-0.1, -0.05) is 0 Å². The highest BCUT2D eigenvalue weighted by atomic mass is 19.3. The molecule has 2 fully saturated rings. The summed E-state index contributed by atoms with van der Waals surface area (Å²) in [6.07, 6.45) is 3.06. The molecule has 0 aromatic carbocycles. The van der Waals surface area contributed by atoms with Crippen molar-refractivity contribution in [2.24, 2.45) is 0 Å². The van der Waals surface area contributed by atoms with E-state index >= 15 is 8.78 Å². The SMILES string of the molecule is Cc1ncc(C)n2nc(C(F)(F)Cc3nc(N4CCCC4)cc(N4CCOCC4)n3)nc12. The van der Waals surface area contributed by atoms with Crippen molar-refractivity contribution >= 4 is 17.3 Å². The molecule has 0 radical (unpaired) electrons. The van der Waals surface area contributed by atoms with Gasteiger partial charge in [0, 0.05) is 38.4 Å². The van der Waals surface area contributed by atoms with Crippen molar-refractivity contribution in [1.82, 2.24) is 29.5 Å². The Balaban J connectivity index is 1.49. The van der Waals surface area contributed by atoms with Crippen LogP contribution in [-0.2, 0) is 17.1 Å². The maximum absolute atomic E-state index is 15.3. The lowest BCUT2D eigenvalue weighted by atomic mass is 10.2. The Labute approximate surface area is 184 Å². The summed E-state index contributed by atoms with van der Waals surface area (Å²) < 4.78 is 37.5. The molecule has 5 rings (SSSR count). The van der Waals surface area contributed by atoms with Crippen LogP contribution in [0.5, 0.6) is 0 Å². The van der Waals surface area contributed by atoms with Crippen molar-refractivity contribution in [2.75, 3.05) is 49.2 Å². The minimum absolute atomic E-state index is 0.0892. The van der Waals surface area contributed by atoms with E-state index < -0.39 is 18.2 Å². The van der Waals surface area contributed by atoms with Crippen LogP contribution in [0.1, 0.15) is 35.9 Å². The first kappa shape index (κ1) is 20.9. The third kappa shape index (κ3) is 3.96. The van der Waals surface area contributed by atoms with Crippen molar-refractivity contribution in [2.45, 2.75) is 39.0 Å². The van der Waals surface area contributed by atoms with Crippen LogP contribution < -0.4 is 9.80 Å². The molecule has 0 spiro atoms. The highest BCUT2D eigenvalue weighted by Crippen LogP contribution is 2.31. The van der Waals surface area contributed by atoms with Gasteiger partial charge in [-0.15, -0.1) is 5.10 Å². The molecule has 2 aliphatic heterocycles. The average Bonchev–Trinajstić information content (AvgIpc) is 3.48. The summed E-state index contributed by atoms with van der Waals surface area (Å²) >= 11 is 0. The molecule has 11 heteroatoms. The number of rotatable bonds is 5. The molecule has 3 aromatic rings. The van der Waals surface area contributed by atoms with Gasteiger partial charge in [0.2, 0.25) is 5.82 Å². The van der Waals surface area contributed by atoms with Crippen LogP contribution in [0.15, 0.2) is 12.3 Å². The topological polar surface area (TPSA) is 84.6 Å². The molecule has 9 nitrogen and oxygen atoms in total. The van der Waals surface area contributed by atoms with Crippen LogP contribution in [0.25, 0.3) is 5.65 Å². The lowest BCUT2D eigenvalue weighted by molar-refractivity contribution is -0.0148. The Kier molecular flexibility index (Phi) is 5.36. The fourth-order valence-corrected chi connectivity index (χ4v) is 4.14. The molecule has 32 heavy (non-hydrogen) atoms. The molecule has 0 aliphatic carbocycles. The van der Waals surface area contributed by atoms with Crippen LogP contribution in [0.2, 0.25) is 0 Å². The second-order valence-corrected chi connectivity index (χ2v) is 8.33. The summed E-state index contributed by atoms with van der Waals surface area (Å²) in [5.74, 6) is -2.42. The second kappa shape index (κ2) is 8.19. The minimum atomic E-state index is -3.32. The van der Waals surface area contributed by atoms with E-state index in [9.17, 15) is 0 Å². The number of ether oxygens (including phenoxy) is 1. The largest absolute Gasteiger partial charge is 0.378 e. The third-order valence-corrected chi connectivity index (χ3v) is 5.93. The molecule has 0 bridgehead atoms. The zero-order valence-electron chi connectivity index (χ0n) is 18.3. The fraction of sp³-hybridized carbons (Fsp3) is 0.571. The number of nitrogens with zero attached hydrogens (tertiary/aromatic N) is 8. The summed E-state index contributed by atoms with van der Waals surface area (Å²) in [6.45, 7) is 7.75. The Morgan fingerprint density at radius 2 is 1.62 bits per heavy atom. The van der Waals surface area contributed by atoms with Crippen molar-refractivity contribution in [3.63, 3.8) is 0 Å². The average molecular weight is 444 g/mol. The number of morpholine rings is 1. The molecule has 5 heterocycles. The zero-order valence-corrected chi connectivity index (χ0v) is 18.3. The first-order valence-electron chi connectivity index (χ1n) is 10.9. The van der Waals surface area contributed by atoms with E-state index in [0.29, 0.717) is 55.0 Å². The maximum Gasteiger partial charge on any atom is 0.315 e. The van der Waals surface area contributed by atoms with Gasteiger partial charge in [0.15, 0.2) is 5.65 Å². The minimum Gasteiger partial charge on any atom is -0.378 e. The van der Waals surface area contributed by atoms with E-state index in [1.54, 1.807) is 20.0 Å². The fourth-order valence-electron chi connectivity index (χ4n) is 4.14. The van der Waals surface area contributed by atoms with Gasteiger partial charge in [0.1, 0.15) is 17.5 Å². The number of halogens is 2. The highest BCUT2D eigenvalue weighted by molar-refractivity contribution is 5.52. The van der Waals surface area contributed by atoms with Crippen LogP contribution in [0.3, 0.4) is 0 Å². The van der Waals surface area contributed by atoms with Crippen molar-refractivity contribution in [1.29, 1.82) is 0 Å². The Bertz CT molecular complexity index is 1080. The number of hydrogen-bond donors (Lipinski definition) is 0. The number of aryl methyl sites for hydroxylation is 2. The van der Waals surface area contributed by atoms with Crippen LogP contribution in [0.4, 0.5) is 20.4 Å². The smallest absolute Gasteiger partial charge is 0.315 e. The number of fused-ring (bicyclic) bond motifs is 1. The summed E-state index contributed by atoms with van der Waals surface area (Å²) in [4.78, 5) is 21.5. The standard InChI is InChI=1S/C21H26F2N8O/c1-14-13-24-15(2)19-27-20(28-31(14)19)21(22,23)12-16-25-17(29-5-3-4-6-29)11-18(26-16)30-7-9-32-10-8-30/h11,13H,3-10,12H2,1-2H3. The summed E-state index contributed by atoms with van der Waals surface area (Å²) in [5.41, 5.74) is 1.52. The monoisotopic (exact) mass is 444 g/mol. The summed E-state index contributed by atoms with van der Waals surface area (Å²) in [5, 5.41) is 4.08. The molecule has 0 unspecified atom stereocenters. The quantitative estimate of drug-likeness (QED) is 0.593. The van der Waals surface area contributed by atoms with Gasteiger partial charge < -0.3 is 14.5 Å². The number of hydrogen-bond acceptors (Lipinski definition) is 8. The van der Waals surface area contributed by atoms with Crippen LogP contribution in [-0.4, -0.2) is 68.9 Å². The number of aromatic nitrogens is 6. The Hall–Kier alpha value is -2.95. The predicted octanol–water partition coefficient (Wildman–Crippen LogP) is 2.30. The predicted molar refractivity (Wildman–Crippen MR) is 114 cm³/mol. The molecule has 170 valence electrons. The zero-order chi connectivity index (χ0) is 22.3. The van der Waals surface area contributed by atoms with Gasteiger partial charge in [-0.3, -0.25) is 4.98 Å². The van der Waals surface area contributed by atoms with E-state index in [0.717, 1.165) is 25.9 Å². The van der Waals surface area contributed by atoms with Gasteiger partial charge in [-0.2, -0.15) is 8.78 Å². The Morgan fingerprint density at radius 3 is 2.28 bits per heavy atom. The highest BCUT2D eigenvalue weighted by Gasteiger charge is 2.39. The number of anilines is 2. The van der Waals surface area contributed by atoms with Crippen LogP contribution >= 0.6 is 0 Å². The maximum atomic E-state index is 15.3. The van der Waals surface area contributed by atoms with Crippen molar-refractivity contribution < 1.29 is 13.5 Å². The summed E-state index contributed by atoms with van der Waals surface area (Å²) in [6, 6.07) is 1.90. The van der Waals surface area contributed by atoms with E-state index in [1.807, 2.05) is 6.07 Å². The Morgan fingerprint density at radius 1 is 0.969 bits per heavy atom. The molecular formula is C21H26F2N8O. The van der Waals surface area contributed by atoms with Crippen LogP contribution in [0, 0.1) is 13.8 Å². The van der Waals surface area contributed by atoms with Crippen molar-refractivity contribution in [3.05, 3.63) is 35.3 Å². The van der Waals surface area contributed by atoms with E-state index in [-0.39, 0.29) is 5.82 Å². The normalized spacial score (nSPS) is 17.5. The molecule has 0 amide bonds. The second-order valence-electron chi connectivity index (χ2n) is 8.33. The molecule has 2 aliphatic rings. The third-order valence-electron chi connectivity index (χ3n) is 5.93. The molecule has 0 N–H and O–H groups in total. The van der Waals surface area contributed by atoms with Gasteiger partial charge in [0.25, 0.3) is 0 Å². The first-order valence-corrected chi connectivity index (χ1v) is 10.9. The summed E-state index contributed by atoms with van der Waals surface area (Å²) in [7, 11) is 0. The van der Waals surface area contributed by atoms with E-state index in [2.05, 4.69) is 34.8 Å².